The molecule has 2 aliphatic heterocycles. The number of aliphatic carboxylic acids is 1. The second kappa shape index (κ2) is 6.76. The Labute approximate surface area is 141 Å². The summed E-state index contributed by atoms with van der Waals surface area (Å²) < 4.78 is 5.74. The summed E-state index contributed by atoms with van der Waals surface area (Å²) in [5, 5.41) is 9.26. The van der Waals surface area contributed by atoms with E-state index in [1.807, 2.05) is 19.9 Å². The largest absolute Gasteiger partial charge is 0.480 e. The third-order valence-corrected chi connectivity index (χ3v) is 4.55. The number of ether oxygens (including phenoxy) is 1. The van der Waals surface area contributed by atoms with Gasteiger partial charge in [0.25, 0.3) is 5.91 Å². The van der Waals surface area contributed by atoms with E-state index in [0.29, 0.717) is 25.1 Å². The van der Waals surface area contributed by atoms with Gasteiger partial charge in [-0.3, -0.25) is 9.78 Å². The van der Waals surface area contributed by atoms with Gasteiger partial charge in [0, 0.05) is 31.5 Å². The molecule has 1 aromatic rings. The van der Waals surface area contributed by atoms with Gasteiger partial charge in [0.2, 0.25) is 0 Å². The molecule has 130 valence electrons. The fraction of sp³-hybridized carbons (Fsp3) is 0.588. The van der Waals surface area contributed by atoms with Crippen molar-refractivity contribution in [2.45, 2.75) is 44.9 Å². The molecule has 3 rings (SSSR count). The van der Waals surface area contributed by atoms with Gasteiger partial charge in [-0.25, -0.2) is 4.79 Å². The minimum absolute atomic E-state index is 0.121. The summed E-state index contributed by atoms with van der Waals surface area (Å²) in [5.41, 5.74) is 1.22. The lowest BCUT2D eigenvalue weighted by Gasteiger charge is -2.37. The van der Waals surface area contributed by atoms with Crippen LogP contribution in [0.2, 0.25) is 0 Å². The lowest BCUT2D eigenvalue weighted by atomic mass is 10.2. The number of likely N-dealkylation sites (tertiary alicyclic amines) is 1. The van der Waals surface area contributed by atoms with Crippen LogP contribution in [-0.2, 0) is 9.53 Å². The van der Waals surface area contributed by atoms with Crippen molar-refractivity contribution >= 4 is 17.6 Å². The van der Waals surface area contributed by atoms with Crippen LogP contribution in [0.4, 0.5) is 5.69 Å². The summed E-state index contributed by atoms with van der Waals surface area (Å²) in [4.78, 5) is 31.7. The van der Waals surface area contributed by atoms with E-state index >= 15 is 0 Å². The highest BCUT2D eigenvalue weighted by atomic mass is 16.5. The van der Waals surface area contributed by atoms with E-state index in [9.17, 15) is 14.7 Å². The van der Waals surface area contributed by atoms with Crippen molar-refractivity contribution in [3.05, 3.63) is 24.0 Å². The second-order valence-corrected chi connectivity index (χ2v) is 6.56. The molecule has 1 N–H and O–H groups in total. The molecule has 0 bridgehead atoms. The predicted molar refractivity (Wildman–Crippen MR) is 88.2 cm³/mol. The maximum atomic E-state index is 12.7. The molecule has 3 heterocycles. The first-order chi connectivity index (χ1) is 11.5. The molecule has 0 radical (unpaired) electrons. The molecule has 24 heavy (non-hydrogen) atoms. The Bertz CT molecular complexity index is 626. The lowest BCUT2D eigenvalue weighted by Crippen LogP contribution is -2.45. The van der Waals surface area contributed by atoms with Crippen LogP contribution in [0.3, 0.4) is 0 Å². The fourth-order valence-corrected chi connectivity index (χ4v) is 3.54. The first kappa shape index (κ1) is 16.7. The molecule has 0 saturated carbocycles. The summed E-state index contributed by atoms with van der Waals surface area (Å²) in [5.74, 6) is -1.26. The number of carbonyl (C=O) groups excluding carboxylic acids is 1. The van der Waals surface area contributed by atoms with Crippen LogP contribution in [0.25, 0.3) is 0 Å². The van der Waals surface area contributed by atoms with Crippen LogP contribution < -0.4 is 4.90 Å². The number of rotatable bonds is 3. The van der Waals surface area contributed by atoms with Crippen LogP contribution in [-0.4, -0.2) is 64.8 Å². The average molecular weight is 333 g/mol. The smallest absolute Gasteiger partial charge is 0.326 e. The summed E-state index contributed by atoms with van der Waals surface area (Å²) in [6, 6.07) is 2.89. The Morgan fingerprint density at radius 3 is 2.67 bits per heavy atom. The molecule has 2 saturated heterocycles. The van der Waals surface area contributed by atoms with Crippen LogP contribution >= 0.6 is 0 Å². The first-order valence-electron chi connectivity index (χ1n) is 8.36. The maximum absolute atomic E-state index is 12.7. The minimum Gasteiger partial charge on any atom is -0.480 e. The third kappa shape index (κ3) is 3.36. The number of aromatic nitrogens is 1. The molecule has 1 aromatic heterocycles. The van der Waals surface area contributed by atoms with Crippen molar-refractivity contribution in [1.29, 1.82) is 0 Å². The standard InChI is InChI=1S/C17H23N3O4/c1-11-9-19(10-12(2)24-11)13-5-6-18-14(8-13)16(21)20-7-3-4-15(20)17(22)23/h5-6,8,11-12,15H,3-4,7,9-10H2,1-2H3,(H,22,23)/t11?,12?,15-/m1/s1. The highest BCUT2D eigenvalue weighted by Crippen LogP contribution is 2.23. The van der Waals surface area contributed by atoms with E-state index < -0.39 is 12.0 Å². The van der Waals surface area contributed by atoms with Crippen LogP contribution in [0.1, 0.15) is 37.2 Å². The van der Waals surface area contributed by atoms with E-state index in [-0.39, 0.29) is 18.1 Å². The van der Waals surface area contributed by atoms with Crippen molar-refractivity contribution in [2.75, 3.05) is 24.5 Å². The molecule has 2 aliphatic rings. The monoisotopic (exact) mass is 333 g/mol. The summed E-state index contributed by atoms with van der Waals surface area (Å²) in [6.45, 7) is 6.02. The van der Waals surface area contributed by atoms with Gasteiger partial charge in [-0.2, -0.15) is 0 Å². The predicted octanol–water partition coefficient (Wildman–Crippen LogP) is 1.38. The Morgan fingerprint density at radius 2 is 2.00 bits per heavy atom. The van der Waals surface area contributed by atoms with Gasteiger partial charge in [0.15, 0.2) is 0 Å². The first-order valence-corrected chi connectivity index (χ1v) is 8.36. The van der Waals surface area contributed by atoms with E-state index in [2.05, 4.69) is 9.88 Å². The maximum Gasteiger partial charge on any atom is 0.326 e. The summed E-state index contributed by atoms with van der Waals surface area (Å²) >= 11 is 0. The molecule has 0 aliphatic carbocycles. The quantitative estimate of drug-likeness (QED) is 0.900. The number of nitrogens with zero attached hydrogens (tertiary/aromatic N) is 3. The van der Waals surface area contributed by atoms with Crippen LogP contribution in [0.5, 0.6) is 0 Å². The number of morpholine rings is 1. The average Bonchev–Trinajstić information content (AvgIpc) is 3.03. The molecule has 0 spiro atoms. The van der Waals surface area contributed by atoms with E-state index in [0.717, 1.165) is 18.8 Å². The molecule has 3 atom stereocenters. The van der Waals surface area contributed by atoms with Gasteiger partial charge in [0.1, 0.15) is 11.7 Å². The molecular weight excluding hydrogens is 310 g/mol. The zero-order valence-corrected chi connectivity index (χ0v) is 14.0. The minimum atomic E-state index is -0.951. The molecule has 0 aromatic carbocycles. The number of anilines is 1. The van der Waals surface area contributed by atoms with Crippen LogP contribution in [0.15, 0.2) is 18.3 Å². The van der Waals surface area contributed by atoms with Crippen molar-refractivity contribution in [3.63, 3.8) is 0 Å². The van der Waals surface area contributed by atoms with Crippen molar-refractivity contribution in [1.82, 2.24) is 9.88 Å². The summed E-state index contributed by atoms with van der Waals surface area (Å²) in [7, 11) is 0. The molecule has 1 amide bonds. The zero-order chi connectivity index (χ0) is 17.3. The molecular formula is C17H23N3O4. The van der Waals surface area contributed by atoms with Crippen molar-refractivity contribution < 1.29 is 19.4 Å². The molecule has 2 unspecified atom stereocenters. The Morgan fingerprint density at radius 1 is 1.29 bits per heavy atom. The van der Waals surface area contributed by atoms with E-state index in [1.54, 1.807) is 12.3 Å². The highest BCUT2D eigenvalue weighted by molar-refractivity contribution is 5.96. The Kier molecular flexibility index (Phi) is 4.71. The Balaban J connectivity index is 1.80. The fourth-order valence-electron chi connectivity index (χ4n) is 3.54. The molecule has 2 fully saturated rings. The van der Waals surface area contributed by atoms with Gasteiger partial charge in [-0.15, -0.1) is 0 Å². The lowest BCUT2D eigenvalue weighted by molar-refractivity contribution is -0.141. The summed E-state index contributed by atoms with van der Waals surface area (Å²) in [6.07, 6.45) is 3.06. The zero-order valence-electron chi connectivity index (χ0n) is 14.0. The number of carbonyl (C=O) groups is 2. The number of pyridine rings is 1. The topological polar surface area (TPSA) is 83.0 Å². The van der Waals surface area contributed by atoms with Gasteiger partial charge >= 0.3 is 5.97 Å². The Hall–Kier alpha value is -2.15. The van der Waals surface area contributed by atoms with Crippen molar-refractivity contribution in [3.8, 4) is 0 Å². The number of hydrogen-bond donors (Lipinski definition) is 1. The van der Waals surface area contributed by atoms with Crippen LogP contribution in [0, 0.1) is 0 Å². The van der Waals surface area contributed by atoms with Gasteiger partial charge in [-0.05, 0) is 38.8 Å². The van der Waals surface area contributed by atoms with E-state index in [1.165, 1.54) is 4.90 Å². The normalized spacial score (nSPS) is 27.3. The SMILES string of the molecule is CC1CN(c2ccnc(C(=O)N3CCC[C@@H]3C(=O)O)c2)CC(C)O1. The number of carboxylic acid groups (broad SMARTS) is 1. The number of amides is 1. The number of hydrogen-bond acceptors (Lipinski definition) is 5. The van der Waals surface area contributed by atoms with E-state index in [4.69, 9.17) is 4.74 Å². The van der Waals surface area contributed by atoms with Gasteiger partial charge in [0.05, 0.1) is 12.2 Å². The van der Waals surface area contributed by atoms with Gasteiger partial charge in [-0.1, -0.05) is 0 Å². The van der Waals surface area contributed by atoms with Gasteiger partial charge < -0.3 is 19.6 Å². The molecule has 7 heteroatoms. The highest BCUT2D eigenvalue weighted by Gasteiger charge is 2.35. The third-order valence-electron chi connectivity index (χ3n) is 4.55. The molecule has 7 nitrogen and oxygen atoms in total. The van der Waals surface area contributed by atoms with Crippen molar-refractivity contribution in [2.24, 2.45) is 0 Å². The number of carboxylic acids is 1. The second-order valence-electron chi connectivity index (χ2n) is 6.56.